The SMILES string of the molecule is C=C/C=C(\C=C/C)Oc1ccc(Br)cc1. The fraction of sp³-hybridized carbons (Fsp3) is 0.0769. The van der Waals surface area contributed by atoms with E-state index >= 15 is 0 Å². The molecule has 0 unspecified atom stereocenters. The van der Waals surface area contributed by atoms with Crippen LogP contribution in [0.25, 0.3) is 0 Å². The molecule has 0 aromatic heterocycles. The van der Waals surface area contributed by atoms with Crippen LogP contribution in [0.5, 0.6) is 5.75 Å². The van der Waals surface area contributed by atoms with Crippen molar-refractivity contribution in [1.29, 1.82) is 0 Å². The van der Waals surface area contributed by atoms with E-state index in [-0.39, 0.29) is 0 Å². The van der Waals surface area contributed by atoms with Crippen molar-refractivity contribution in [3.05, 3.63) is 65.4 Å². The Morgan fingerprint density at radius 1 is 1.33 bits per heavy atom. The number of halogens is 1. The normalized spacial score (nSPS) is 11.7. The number of hydrogen-bond donors (Lipinski definition) is 0. The zero-order chi connectivity index (χ0) is 11.1. The van der Waals surface area contributed by atoms with Gasteiger partial charge < -0.3 is 4.74 Å². The quantitative estimate of drug-likeness (QED) is 0.576. The third-order valence-corrected chi connectivity index (χ3v) is 2.19. The molecule has 0 saturated carbocycles. The highest BCUT2D eigenvalue weighted by molar-refractivity contribution is 9.10. The largest absolute Gasteiger partial charge is 0.457 e. The smallest absolute Gasteiger partial charge is 0.127 e. The predicted octanol–water partition coefficient (Wildman–Crippen LogP) is 4.47. The Kier molecular flexibility index (Phi) is 4.91. The summed E-state index contributed by atoms with van der Waals surface area (Å²) < 4.78 is 6.67. The molecule has 0 heterocycles. The molecule has 1 rings (SSSR count). The molecule has 0 radical (unpaired) electrons. The molecule has 0 aliphatic carbocycles. The molecule has 0 saturated heterocycles. The Hall–Kier alpha value is -1.28. The molecular formula is C13H13BrO. The zero-order valence-corrected chi connectivity index (χ0v) is 10.2. The molecular weight excluding hydrogens is 252 g/mol. The predicted molar refractivity (Wildman–Crippen MR) is 67.9 cm³/mol. The number of allylic oxidation sites excluding steroid dienone is 4. The Labute approximate surface area is 98.9 Å². The van der Waals surface area contributed by atoms with Gasteiger partial charge in [0.1, 0.15) is 11.5 Å². The van der Waals surface area contributed by atoms with Crippen LogP contribution < -0.4 is 4.74 Å². The Morgan fingerprint density at radius 2 is 2.00 bits per heavy atom. The first-order valence-electron chi connectivity index (χ1n) is 4.65. The summed E-state index contributed by atoms with van der Waals surface area (Å²) >= 11 is 3.37. The van der Waals surface area contributed by atoms with Crippen molar-refractivity contribution in [2.45, 2.75) is 6.92 Å². The number of ether oxygens (including phenoxy) is 1. The second-order valence-corrected chi connectivity index (χ2v) is 3.78. The maximum atomic E-state index is 5.63. The average Bonchev–Trinajstić information content (AvgIpc) is 2.22. The lowest BCUT2D eigenvalue weighted by molar-refractivity contribution is 0.444. The van der Waals surface area contributed by atoms with Gasteiger partial charge in [0, 0.05) is 4.47 Å². The van der Waals surface area contributed by atoms with Crippen LogP contribution in [-0.2, 0) is 0 Å². The highest BCUT2D eigenvalue weighted by atomic mass is 79.9. The lowest BCUT2D eigenvalue weighted by atomic mass is 10.3. The topological polar surface area (TPSA) is 9.23 Å². The maximum Gasteiger partial charge on any atom is 0.127 e. The number of benzene rings is 1. The van der Waals surface area contributed by atoms with Crippen LogP contribution in [0.1, 0.15) is 6.92 Å². The standard InChI is InChI=1S/C13H13BrO/c1-3-5-12(6-4-2)15-13-9-7-11(14)8-10-13/h3-10H,1H2,2H3/b6-4-,12-5+. The van der Waals surface area contributed by atoms with Gasteiger partial charge in [0.2, 0.25) is 0 Å². The minimum atomic E-state index is 0.773. The lowest BCUT2D eigenvalue weighted by Crippen LogP contribution is -1.91. The monoisotopic (exact) mass is 264 g/mol. The molecule has 15 heavy (non-hydrogen) atoms. The molecule has 0 N–H and O–H groups in total. The summed E-state index contributed by atoms with van der Waals surface area (Å²) in [5.41, 5.74) is 0. The van der Waals surface area contributed by atoms with Crippen LogP contribution in [-0.4, -0.2) is 0 Å². The van der Waals surface area contributed by atoms with Gasteiger partial charge in [-0.15, -0.1) is 0 Å². The molecule has 0 aliphatic rings. The second kappa shape index (κ2) is 6.25. The summed E-state index contributed by atoms with van der Waals surface area (Å²) in [6.45, 7) is 5.59. The van der Waals surface area contributed by atoms with E-state index in [0.717, 1.165) is 16.0 Å². The van der Waals surface area contributed by atoms with Gasteiger partial charge in [-0.1, -0.05) is 34.7 Å². The third-order valence-electron chi connectivity index (χ3n) is 1.66. The average molecular weight is 265 g/mol. The van der Waals surface area contributed by atoms with Gasteiger partial charge in [-0.05, 0) is 43.3 Å². The molecule has 0 atom stereocenters. The fourth-order valence-electron chi connectivity index (χ4n) is 1.04. The number of hydrogen-bond acceptors (Lipinski definition) is 1. The molecule has 0 amide bonds. The van der Waals surface area contributed by atoms with Gasteiger partial charge >= 0.3 is 0 Å². The summed E-state index contributed by atoms with van der Waals surface area (Å²) in [5, 5.41) is 0. The van der Waals surface area contributed by atoms with Crippen LogP contribution in [0.2, 0.25) is 0 Å². The summed E-state index contributed by atoms with van der Waals surface area (Å²) in [5.74, 6) is 1.58. The molecule has 0 fully saturated rings. The second-order valence-electron chi connectivity index (χ2n) is 2.86. The highest BCUT2D eigenvalue weighted by Crippen LogP contribution is 2.18. The van der Waals surface area contributed by atoms with Crippen LogP contribution in [0.4, 0.5) is 0 Å². The summed E-state index contributed by atoms with van der Waals surface area (Å²) in [4.78, 5) is 0. The highest BCUT2D eigenvalue weighted by Gasteiger charge is 1.95. The minimum absolute atomic E-state index is 0.773. The van der Waals surface area contributed by atoms with Crippen molar-refractivity contribution in [1.82, 2.24) is 0 Å². The van der Waals surface area contributed by atoms with E-state index < -0.39 is 0 Å². The molecule has 0 spiro atoms. The third kappa shape index (κ3) is 4.17. The van der Waals surface area contributed by atoms with Crippen LogP contribution in [0.3, 0.4) is 0 Å². The van der Waals surface area contributed by atoms with Gasteiger partial charge in [0.05, 0.1) is 0 Å². The van der Waals surface area contributed by atoms with Gasteiger partial charge in [0.25, 0.3) is 0 Å². The number of rotatable bonds is 4. The van der Waals surface area contributed by atoms with Gasteiger partial charge in [-0.3, -0.25) is 0 Å². The minimum Gasteiger partial charge on any atom is -0.457 e. The van der Waals surface area contributed by atoms with E-state index in [1.807, 2.05) is 49.4 Å². The van der Waals surface area contributed by atoms with Crippen LogP contribution >= 0.6 is 15.9 Å². The zero-order valence-electron chi connectivity index (χ0n) is 8.61. The summed E-state index contributed by atoms with van der Waals surface area (Å²) in [6.07, 6.45) is 7.34. The van der Waals surface area contributed by atoms with Gasteiger partial charge in [0.15, 0.2) is 0 Å². The van der Waals surface area contributed by atoms with E-state index in [9.17, 15) is 0 Å². The first kappa shape index (κ1) is 11.8. The lowest BCUT2D eigenvalue weighted by Gasteiger charge is -2.05. The van der Waals surface area contributed by atoms with Crippen molar-refractivity contribution in [3.8, 4) is 5.75 Å². The molecule has 1 aromatic carbocycles. The Morgan fingerprint density at radius 3 is 2.53 bits per heavy atom. The van der Waals surface area contributed by atoms with E-state index in [1.54, 1.807) is 6.08 Å². The molecule has 1 aromatic rings. The maximum absolute atomic E-state index is 5.63. The molecule has 78 valence electrons. The van der Waals surface area contributed by atoms with Crippen molar-refractivity contribution < 1.29 is 4.74 Å². The van der Waals surface area contributed by atoms with Crippen molar-refractivity contribution >= 4 is 15.9 Å². The first-order valence-corrected chi connectivity index (χ1v) is 5.44. The van der Waals surface area contributed by atoms with E-state index in [0.29, 0.717) is 0 Å². The van der Waals surface area contributed by atoms with E-state index in [4.69, 9.17) is 4.74 Å². The summed E-state index contributed by atoms with van der Waals surface area (Å²) in [6, 6.07) is 7.70. The van der Waals surface area contributed by atoms with E-state index in [1.165, 1.54) is 0 Å². The van der Waals surface area contributed by atoms with Gasteiger partial charge in [-0.2, -0.15) is 0 Å². The van der Waals surface area contributed by atoms with Crippen LogP contribution in [0, 0.1) is 0 Å². The van der Waals surface area contributed by atoms with Crippen molar-refractivity contribution in [2.75, 3.05) is 0 Å². The first-order chi connectivity index (χ1) is 7.26. The molecule has 0 aliphatic heterocycles. The van der Waals surface area contributed by atoms with E-state index in [2.05, 4.69) is 22.5 Å². The van der Waals surface area contributed by atoms with Crippen molar-refractivity contribution in [3.63, 3.8) is 0 Å². The van der Waals surface area contributed by atoms with Crippen molar-refractivity contribution in [2.24, 2.45) is 0 Å². The molecule has 0 bridgehead atoms. The molecule has 1 nitrogen and oxygen atoms in total. The fourth-order valence-corrected chi connectivity index (χ4v) is 1.31. The van der Waals surface area contributed by atoms with Crippen LogP contribution in [0.15, 0.2) is 65.4 Å². The Balaban J connectivity index is 2.78. The van der Waals surface area contributed by atoms with Gasteiger partial charge in [-0.25, -0.2) is 0 Å². The Bertz CT molecular complexity index is 374. The summed E-state index contributed by atoms with van der Waals surface area (Å²) in [7, 11) is 0. The molecule has 2 heteroatoms.